The highest BCUT2D eigenvalue weighted by molar-refractivity contribution is 5.15. The first-order valence-electron chi connectivity index (χ1n) is 26.3. The largest absolute Gasteiger partial charge is 0.297 e. The van der Waals surface area contributed by atoms with Crippen LogP contribution in [-0.2, 0) is 62.1 Å². The third-order valence-electron chi connectivity index (χ3n) is 12.8. The van der Waals surface area contributed by atoms with E-state index in [0.29, 0.717) is 141 Å². The average Bonchev–Trinajstić information content (AvgIpc) is 4.47. The summed E-state index contributed by atoms with van der Waals surface area (Å²) >= 11 is 0. The SMILES string of the molecule is CCn1nc(C)nc1C(F)F.CCn1nc(C)nc1C1(F)CC1.CCn1nc(C2(F)CC2)nc1C.Cc1nc(C(F)F)n(C)n1.Cc1nc(C2(F)CC2)n(C(C)C)n1.Cc1nc(C2(F)CC2)n(C)n1.Cc1nc(C2(F)CC2)n[nH]1. The molecule has 0 saturated heterocycles. The molecule has 0 atom stereocenters. The number of rotatable bonds is 11. The summed E-state index contributed by atoms with van der Waals surface area (Å²) < 4.78 is 124. The molecule has 1 N–H and O–H groups in total. The van der Waals surface area contributed by atoms with Crippen molar-refractivity contribution in [3.8, 4) is 0 Å². The van der Waals surface area contributed by atoms with Crippen molar-refractivity contribution in [1.29, 1.82) is 0 Å². The summed E-state index contributed by atoms with van der Waals surface area (Å²) in [6.07, 6.45) is 0.834. The second-order valence-corrected chi connectivity index (χ2v) is 20.4. The maximum absolute atomic E-state index is 13.7. The number of aromatic nitrogens is 21. The molecule has 0 aromatic carbocycles. The van der Waals surface area contributed by atoms with Crippen molar-refractivity contribution in [3.05, 3.63) is 81.5 Å². The normalized spacial score (nSPS) is 17.5. The molecular weight excluding hydrogens is 1050 g/mol. The van der Waals surface area contributed by atoms with E-state index in [9.17, 15) is 39.5 Å². The maximum atomic E-state index is 13.7. The van der Waals surface area contributed by atoms with Crippen LogP contribution >= 0.6 is 0 Å². The first-order valence-corrected chi connectivity index (χ1v) is 26.3. The second kappa shape index (κ2) is 24.4. The third kappa shape index (κ3) is 15.8. The summed E-state index contributed by atoms with van der Waals surface area (Å²) in [4.78, 5) is 27.3. The number of halogens is 9. The van der Waals surface area contributed by atoms with E-state index in [1.807, 2.05) is 34.6 Å². The van der Waals surface area contributed by atoms with E-state index in [1.165, 1.54) is 16.4 Å². The summed E-state index contributed by atoms with van der Waals surface area (Å²) in [5.74, 6) is 5.90. The predicted octanol–water partition coefficient (Wildman–Crippen LogP) is 10.0. The molecule has 436 valence electrons. The van der Waals surface area contributed by atoms with Gasteiger partial charge in [-0.3, -0.25) is 9.78 Å². The molecule has 0 spiro atoms. The van der Waals surface area contributed by atoms with E-state index in [0.717, 1.165) is 17.1 Å². The molecule has 0 bridgehead atoms. The summed E-state index contributed by atoms with van der Waals surface area (Å²) in [5, 5.41) is 30.1. The molecule has 0 amide bonds. The van der Waals surface area contributed by atoms with E-state index in [4.69, 9.17) is 0 Å². The molecule has 12 rings (SSSR count). The fraction of sp³-hybridized carbons (Fsp3) is 0.714. The van der Waals surface area contributed by atoms with Crippen molar-refractivity contribution < 1.29 is 39.5 Å². The van der Waals surface area contributed by atoms with Gasteiger partial charge in [0, 0.05) is 39.8 Å². The van der Waals surface area contributed by atoms with Gasteiger partial charge < -0.3 is 0 Å². The molecule has 7 aromatic heterocycles. The Morgan fingerprint density at radius 2 is 0.835 bits per heavy atom. The predicted molar refractivity (Wildman–Crippen MR) is 269 cm³/mol. The van der Waals surface area contributed by atoms with Gasteiger partial charge in [-0.2, -0.15) is 35.7 Å². The van der Waals surface area contributed by atoms with Crippen molar-refractivity contribution in [2.75, 3.05) is 0 Å². The van der Waals surface area contributed by atoms with Gasteiger partial charge in [0.1, 0.15) is 40.8 Å². The van der Waals surface area contributed by atoms with Crippen LogP contribution in [0.4, 0.5) is 39.5 Å². The van der Waals surface area contributed by atoms with Gasteiger partial charge in [-0.1, -0.05) is 0 Å². The second-order valence-electron chi connectivity index (χ2n) is 20.4. The van der Waals surface area contributed by atoms with Gasteiger partial charge in [0.15, 0.2) is 69.1 Å². The third-order valence-corrected chi connectivity index (χ3v) is 12.8. The quantitative estimate of drug-likeness (QED) is 0.119. The van der Waals surface area contributed by atoms with Crippen LogP contribution in [0.15, 0.2) is 0 Å². The lowest BCUT2D eigenvalue weighted by Crippen LogP contribution is -2.13. The number of nitrogens with zero attached hydrogens (tertiary/aromatic N) is 20. The minimum Gasteiger partial charge on any atom is -0.263 e. The molecule has 0 aliphatic heterocycles. The minimum atomic E-state index is -2.54. The first-order chi connectivity index (χ1) is 36.9. The van der Waals surface area contributed by atoms with Crippen molar-refractivity contribution in [2.45, 2.75) is 214 Å². The zero-order chi connectivity index (χ0) is 58.6. The highest BCUT2D eigenvalue weighted by atomic mass is 19.3. The number of hydrogen-bond acceptors (Lipinski definition) is 14. The molecule has 79 heavy (non-hydrogen) atoms. The zero-order valence-corrected chi connectivity index (χ0v) is 47.3. The summed E-state index contributed by atoms with van der Waals surface area (Å²) in [6.45, 7) is 23.7. The fourth-order valence-corrected chi connectivity index (χ4v) is 7.71. The topological polar surface area (TPSA) is 226 Å². The summed E-state index contributed by atoms with van der Waals surface area (Å²) in [7, 11) is 3.18. The van der Waals surface area contributed by atoms with Crippen LogP contribution in [0.25, 0.3) is 0 Å². The highest BCUT2D eigenvalue weighted by Gasteiger charge is 2.52. The molecule has 5 aliphatic carbocycles. The number of nitrogens with one attached hydrogen (secondary N) is 1. The van der Waals surface area contributed by atoms with E-state index in [-0.39, 0.29) is 17.7 Å². The number of aryl methyl sites for hydroxylation is 12. The Kier molecular flexibility index (Phi) is 19.0. The van der Waals surface area contributed by atoms with Crippen molar-refractivity contribution in [1.82, 2.24) is 104 Å². The Hall–Kier alpha value is -6.65. The number of aromatic amines is 1. The lowest BCUT2D eigenvalue weighted by molar-refractivity contribution is 0.134. The van der Waals surface area contributed by atoms with E-state index >= 15 is 0 Å². The van der Waals surface area contributed by atoms with Gasteiger partial charge in [-0.05, 0) is 147 Å². The van der Waals surface area contributed by atoms with Crippen LogP contribution in [0.3, 0.4) is 0 Å². The number of H-pyrrole nitrogens is 1. The molecule has 5 saturated carbocycles. The van der Waals surface area contributed by atoms with Crippen LogP contribution in [0, 0.1) is 48.5 Å². The van der Waals surface area contributed by atoms with E-state index < -0.39 is 41.2 Å². The van der Waals surface area contributed by atoms with E-state index in [1.54, 1.807) is 69.6 Å². The van der Waals surface area contributed by atoms with Crippen molar-refractivity contribution >= 4 is 0 Å². The zero-order valence-electron chi connectivity index (χ0n) is 47.3. The van der Waals surface area contributed by atoms with Crippen molar-refractivity contribution in [2.24, 2.45) is 14.1 Å². The smallest absolute Gasteiger partial charge is 0.263 e. The van der Waals surface area contributed by atoms with Crippen LogP contribution < -0.4 is 0 Å². The van der Waals surface area contributed by atoms with Gasteiger partial charge in [0.2, 0.25) is 0 Å². The molecule has 30 heteroatoms. The molecular formula is C49H72F9N21. The first kappa shape index (κ1) is 61.6. The Labute approximate surface area is 452 Å². The lowest BCUT2D eigenvalue weighted by atomic mass is 10.3. The van der Waals surface area contributed by atoms with Crippen LogP contribution in [0.2, 0.25) is 0 Å². The van der Waals surface area contributed by atoms with Gasteiger partial charge in [0.05, 0.1) is 0 Å². The Balaban J connectivity index is 0.000000149. The minimum absolute atomic E-state index is 0.185. The van der Waals surface area contributed by atoms with Gasteiger partial charge in [-0.15, -0.1) is 0 Å². The van der Waals surface area contributed by atoms with Crippen LogP contribution in [0.5, 0.6) is 0 Å². The molecule has 0 unspecified atom stereocenters. The standard InChI is InChI=1S/C9H14FN3.2C8H12FN3.C7H10FN3.C6H9F2N3.C6H8FN3.C5H7F2N3/c1-6(2)13-8(9(10)4-5-9)11-7(3)12-13;1-3-12-6(2)10-7(11-12)8(9)4-5-8;1-3-12-7(8(9)4-5-8)10-6(2)11-12;1-5-9-6(11(2)10-5)7(8)3-4-7;1-3-11-6(5(7)8)9-4(2)10-11;1-4-8-5(10-9-4)6(7)2-3-6;1-3-8-5(4(6)7)10(2)9-3/h6H,4-5H2,1-3H3;2*3-5H2,1-2H3;3-4H2,1-2H3;5H,3H2,1-2H3;2-3H2,1H3,(H,8,9,10);4H,1-2H3. The Morgan fingerprint density at radius 1 is 0.430 bits per heavy atom. The Bertz CT molecular complexity index is 3090. The fourth-order valence-electron chi connectivity index (χ4n) is 7.71. The molecule has 21 nitrogen and oxygen atoms in total. The van der Waals surface area contributed by atoms with E-state index in [2.05, 4.69) is 75.7 Å². The summed E-state index contributed by atoms with van der Waals surface area (Å²) in [6, 6.07) is 0.185. The average molecular weight is 1130 g/mol. The number of hydrogen-bond donors (Lipinski definition) is 1. The van der Waals surface area contributed by atoms with Gasteiger partial charge in [-0.25, -0.2) is 97.8 Å². The number of alkyl halides is 9. The maximum Gasteiger partial charge on any atom is 0.297 e. The molecule has 0 radical (unpaired) electrons. The Morgan fingerprint density at radius 3 is 1.23 bits per heavy atom. The molecule has 7 heterocycles. The molecule has 5 fully saturated rings. The van der Waals surface area contributed by atoms with Crippen LogP contribution in [0.1, 0.15) is 199 Å². The highest BCUT2D eigenvalue weighted by Crippen LogP contribution is 2.51. The van der Waals surface area contributed by atoms with Gasteiger partial charge >= 0.3 is 0 Å². The monoisotopic (exact) mass is 1130 g/mol. The van der Waals surface area contributed by atoms with Crippen LogP contribution in [-0.4, -0.2) is 104 Å². The lowest BCUT2D eigenvalue weighted by Gasteiger charge is -2.10. The van der Waals surface area contributed by atoms with Gasteiger partial charge in [0.25, 0.3) is 12.9 Å². The molecule has 5 aliphatic rings. The summed E-state index contributed by atoms with van der Waals surface area (Å²) in [5.41, 5.74) is -5.87. The van der Waals surface area contributed by atoms with Crippen molar-refractivity contribution in [3.63, 3.8) is 0 Å². The molecule has 7 aromatic rings.